The summed E-state index contributed by atoms with van der Waals surface area (Å²) in [7, 11) is 1.46. The molecule has 1 amide bonds. The summed E-state index contributed by atoms with van der Waals surface area (Å²) >= 11 is 5.89. The smallest absolute Gasteiger partial charge is 0.296 e. The van der Waals surface area contributed by atoms with Crippen LogP contribution in [0.4, 0.5) is 5.69 Å². The van der Waals surface area contributed by atoms with Crippen LogP contribution in [0.15, 0.2) is 12.1 Å². The molecule has 1 N–H and O–H groups in total. The van der Waals surface area contributed by atoms with E-state index in [1.165, 1.54) is 13.2 Å². The van der Waals surface area contributed by atoms with Crippen LogP contribution < -0.4 is 10.1 Å². The Hall–Kier alpha value is -1.55. The van der Waals surface area contributed by atoms with Gasteiger partial charge in [0.1, 0.15) is 10.8 Å². The number of Topliss-reactive ketones (excluding diaryl/α,β-unsaturated/α-hetero) is 1. The van der Waals surface area contributed by atoms with Crippen molar-refractivity contribution in [2.24, 2.45) is 0 Å². The summed E-state index contributed by atoms with van der Waals surface area (Å²) in [6.45, 7) is 0. The molecular formula is C9H6ClNO3. The normalized spacial score (nSPS) is 13.9. The van der Waals surface area contributed by atoms with Gasteiger partial charge >= 0.3 is 0 Å². The SMILES string of the molecule is COc1ccc2c(c1Cl)NC(=O)C2=O. The molecule has 1 aliphatic rings. The van der Waals surface area contributed by atoms with Gasteiger partial charge in [-0.1, -0.05) is 11.6 Å². The minimum atomic E-state index is -0.657. The topological polar surface area (TPSA) is 55.4 Å². The fourth-order valence-corrected chi connectivity index (χ4v) is 1.61. The Bertz CT molecular complexity index is 442. The third-order valence-electron chi connectivity index (χ3n) is 2.02. The van der Waals surface area contributed by atoms with Crippen molar-refractivity contribution in [2.75, 3.05) is 12.4 Å². The Morgan fingerprint density at radius 1 is 1.36 bits per heavy atom. The molecule has 1 heterocycles. The van der Waals surface area contributed by atoms with Crippen LogP contribution in [-0.2, 0) is 4.79 Å². The van der Waals surface area contributed by atoms with Crippen molar-refractivity contribution in [3.63, 3.8) is 0 Å². The van der Waals surface area contributed by atoms with Crippen molar-refractivity contribution < 1.29 is 14.3 Å². The van der Waals surface area contributed by atoms with Crippen molar-refractivity contribution >= 4 is 29.0 Å². The van der Waals surface area contributed by atoms with Gasteiger partial charge in [0.05, 0.1) is 18.4 Å². The highest BCUT2D eigenvalue weighted by Crippen LogP contribution is 2.37. The molecule has 0 saturated heterocycles. The van der Waals surface area contributed by atoms with E-state index in [4.69, 9.17) is 16.3 Å². The number of benzene rings is 1. The lowest BCUT2D eigenvalue weighted by atomic mass is 10.1. The van der Waals surface area contributed by atoms with Gasteiger partial charge in [-0.15, -0.1) is 0 Å². The molecule has 72 valence electrons. The van der Waals surface area contributed by atoms with E-state index in [0.29, 0.717) is 17.0 Å². The molecule has 0 unspecified atom stereocenters. The molecule has 0 aromatic heterocycles. The highest BCUT2D eigenvalue weighted by Gasteiger charge is 2.30. The average molecular weight is 212 g/mol. The summed E-state index contributed by atoms with van der Waals surface area (Å²) in [5.74, 6) is -0.792. The number of ketones is 1. The van der Waals surface area contributed by atoms with Crippen molar-refractivity contribution in [3.8, 4) is 5.75 Å². The second-order valence-electron chi connectivity index (χ2n) is 2.79. The van der Waals surface area contributed by atoms with Crippen molar-refractivity contribution in [2.45, 2.75) is 0 Å². The predicted molar refractivity (Wildman–Crippen MR) is 51.0 cm³/mol. The summed E-state index contributed by atoms with van der Waals surface area (Å²) in [5.41, 5.74) is 0.627. The second-order valence-corrected chi connectivity index (χ2v) is 3.17. The fourth-order valence-electron chi connectivity index (χ4n) is 1.32. The first kappa shape index (κ1) is 9.02. The first-order chi connectivity index (χ1) is 6.65. The third-order valence-corrected chi connectivity index (χ3v) is 2.39. The van der Waals surface area contributed by atoms with E-state index in [1.54, 1.807) is 6.07 Å². The number of carbonyl (C=O) groups is 2. The van der Waals surface area contributed by atoms with Crippen molar-refractivity contribution in [1.29, 1.82) is 0 Å². The van der Waals surface area contributed by atoms with E-state index in [2.05, 4.69) is 5.32 Å². The Morgan fingerprint density at radius 3 is 2.71 bits per heavy atom. The molecule has 5 heteroatoms. The van der Waals surface area contributed by atoms with Crippen LogP contribution in [0.3, 0.4) is 0 Å². The maximum atomic E-state index is 11.2. The zero-order valence-corrected chi connectivity index (χ0v) is 8.01. The second kappa shape index (κ2) is 2.99. The molecule has 0 aliphatic carbocycles. The molecule has 4 nitrogen and oxygen atoms in total. The summed E-state index contributed by atoms with van der Waals surface area (Å²) < 4.78 is 4.95. The first-order valence-electron chi connectivity index (χ1n) is 3.87. The molecule has 0 bridgehead atoms. The van der Waals surface area contributed by atoms with Gasteiger partial charge in [0, 0.05) is 0 Å². The minimum Gasteiger partial charge on any atom is -0.495 e. The maximum Gasteiger partial charge on any atom is 0.296 e. The molecule has 2 rings (SSSR count). The van der Waals surface area contributed by atoms with Crippen LogP contribution in [0, 0.1) is 0 Å². The van der Waals surface area contributed by atoms with Crippen LogP contribution in [0.25, 0.3) is 0 Å². The number of carbonyl (C=O) groups excluding carboxylic acids is 2. The number of hydrogen-bond acceptors (Lipinski definition) is 3. The van der Waals surface area contributed by atoms with Gasteiger partial charge in [-0.2, -0.15) is 0 Å². The number of anilines is 1. The van der Waals surface area contributed by atoms with Gasteiger partial charge in [0.25, 0.3) is 11.7 Å². The van der Waals surface area contributed by atoms with E-state index in [9.17, 15) is 9.59 Å². The van der Waals surface area contributed by atoms with E-state index in [-0.39, 0.29) is 5.02 Å². The first-order valence-corrected chi connectivity index (χ1v) is 4.25. The highest BCUT2D eigenvalue weighted by atomic mass is 35.5. The predicted octanol–water partition coefficient (Wildman–Crippen LogP) is 1.48. The van der Waals surface area contributed by atoms with Crippen LogP contribution in [0.2, 0.25) is 5.02 Å². The molecule has 14 heavy (non-hydrogen) atoms. The van der Waals surface area contributed by atoms with Crippen molar-refractivity contribution in [3.05, 3.63) is 22.7 Å². The molecule has 1 aromatic carbocycles. The third kappa shape index (κ3) is 1.08. The number of hydrogen-bond donors (Lipinski definition) is 1. The number of rotatable bonds is 1. The van der Waals surface area contributed by atoms with E-state index < -0.39 is 11.7 Å². The Morgan fingerprint density at radius 2 is 2.07 bits per heavy atom. The fraction of sp³-hybridized carbons (Fsp3) is 0.111. The average Bonchev–Trinajstić information content (AvgIpc) is 2.46. The molecule has 1 aliphatic heterocycles. The van der Waals surface area contributed by atoms with Gasteiger partial charge in [0.2, 0.25) is 0 Å². The van der Waals surface area contributed by atoms with Crippen LogP contribution in [0.5, 0.6) is 5.75 Å². The van der Waals surface area contributed by atoms with E-state index in [0.717, 1.165) is 0 Å². The zero-order chi connectivity index (χ0) is 10.3. The number of ether oxygens (including phenoxy) is 1. The van der Waals surface area contributed by atoms with Gasteiger partial charge in [-0.3, -0.25) is 9.59 Å². The van der Waals surface area contributed by atoms with Gasteiger partial charge in [-0.25, -0.2) is 0 Å². The van der Waals surface area contributed by atoms with Crippen molar-refractivity contribution in [1.82, 2.24) is 0 Å². The number of amides is 1. The van der Waals surface area contributed by atoms with E-state index in [1.807, 2.05) is 0 Å². The lowest BCUT2D eigenvalue weighted by molar-refractivity contribution is -0.112. The quantitative estimate of drug-likeness (QED) is 0.716. The molecule has 0 fully saturated rings. The molecule has 0 atom stereocenters. The highest BCUT2D eigenvalue weighted by molar-refractivity contribution is 6.53. The molecular weight excluding hydrogens is 206 g/mol. The Balaban J connectivity index is 2.63. The lowest BCUT2D eigenvalue weighted by Gasteiger charge is -2.05. The van der Waals surface area contributed by atoms with Gasteiger partial charge < -0.3 is 10.1 Å². The largest absolute Gasteiger partial charge is 0.495 e. The van der Waals surface area contributed by atoms with Gasteiger partial charge in [-0.05, 0) is 12.1 Å². The minimum absolute atomic E-state index is 0.254. The molecule has 0 saturated carbocycles. The Kier molecular flexibility index (Phi) is 1.93. The van der Waals surface area contributed by atoms with Gasteiger partial charge in [0.15, 0.2) is 0 Å². The standard InChI is InChI=1S/C9H6ClNO3/c1-14-5-3-2-4-7(6(5)10)11-9(13)8(4)12/h2-3H,1H3,(H,11,12,13). The monoisotopic (exact) mass is 211 g/mol. The molecule has 0 spiro atoms. The number of methoxy groups -OCH3 is 1. The summed E-state index contributed by atoms with van der Waals surface area (Å²) in [5, 5.41) is 2.64. The van der Waals surface area contributed by atoms with Crippen LogP contribution >= 0.6 is 11.6 Å². The number of halogens is 1. The maximum absolute atomic E-state index is 11.2. The number of nitrogens with one attached hydrogen (secondary N) is 1. The zero-order valence-electron chi connectivity index (χ0n) is 7.26. The van der Waals surface area contributed by atoms with Crippen LogP contribution in [0.1, 0.15) is 10.4 Å². The molecule has 1 aromatic rings. The molecule has 0 radical (unpaired) electrons. The summed E-state index contributed by atoms with van der Waals surface area (Å²) in [4.78, 5) is 22.3. The summed E-state index contributed by atoms with van der Waals surface area (Å²) in [6.07, 6.45) is 0. The number of fused-ring (bicyclic) bond motifs is 1. The summed E-state index contributed by atoms with van der Waals surface area (Å²) in [6, 6.07) is 3.07. The van der Waals surface area contributed by atoms with Crippen LogP contribution in [-0.4, -0.2) is 18.8 Å². The lowest BCUT2D eigenvalue weighted by Crippen LogP contribution is -2.12. The van der Waals surface area contributed by atoms with E-state index >= 15 is 0 Å². The Labute approximate surface area is 84.8 Å².